The number of anilines is 1. The van der Waals surface area contributed by atoms with Gasteiger partial charge in [0.2, 0.25) is 0 Å². The van der Waals surface area contributed by atoms with Gasteiger partial charge in [0.25, 0.3) is 11.5 Å². The van der Waals surface area contributed by atoms with Crippen LogP contribution in [0.15, 0.2) is 23.0 Å². The van der Waals surface area contributed by atoms with E-state index in [-0.39, 0.29) is 15.5 Å². The van der Waals surface area contributed by atoms with Crippen molar-refractivity contribution >= 4 is 62.3 Å². The zero-order valence-corrected chi connectivity index (χ0v) is 16.5. The smallest absolute Gasteiger partial charge is 0.349 e. The molecule has 0 unspecified atom stereocenters. The highest BCUT2D eigenvalue weighted by atomic mass is 35.5. The maximum atomic E-state index is 12.3. The number of hydrogen-bond acceptors (Lipinski definition) is 6. The number of aromatic amines is 1. The summed E-state index contributed by atoms with van der Waals surface area (Å²) in [6.45, 7) is 2.77. The minimum absolute atomic E-state index is 0.194. The van der Waals surface area contributed by atoms with Gasteiger partial charge >= 0.3 is 5.97 Å². The van der Waals surface area contributed by atoms with Gasteiger partial charge in [-0.1, -0.05) is 29.3 Å². The fraction of sp³-hybridized carbons (Fsp3) is 0.176. The first-order valence-corrected chi connectivity index (χ1v) is 9.26. The molecule has 0 bridgehead atoms. The van der Waals surface area contributed by atoms with E-state index in [9.17, 15) is 14.4 Å². The molecule has 0 spiro atoms. The third kappa shape index (κ3) is 3.97. The molecule has 2 N–H and O–H groups in total. The van der Waals surface area contributed by atoms with Crippen LogP contribution >= 0.6 is 34.5 Å². The highest BCUT2D eigenvalue weighted by Crippen LogP contribution is 2.30. The zero-order valence-electron chi connectivity index (χ0n) is 14.2. The van der Waals surface area contributed by atoms with E-state index in [0.717, 1.165) is 11.3 Å². The maximum absolute atomic E-state index is 12.3. The zero-order chi connectivity index (χ0) is 19.7. The van der Waals surface area contributed by atoms with Gasteiger partial charge in [-0.05, 0) is 31.5 Å². The first-order chi connectivity index (χ1) is 12.8. The summed E-state index contributed by atoms with van der Waals surface area (Å²) >= 11 is 12.9. The van der Waals surface area contributed by atoms with E-state index in [4.69, 9.17) is 27.9 Å². The van der Waals surface area contributed by atoms with Gasteiger partial charge in [0.05, 0.1) is 21.1 Å². The van der Waals surface area contributed by atoms with E-state index in [1.807, 2.05) is 0 Å². The summed E-state index contributed by atoms with van der Waals surface area (Å²) in [7, 11) is 0. The van der Waals surface area contributed by atoms with Crippen LogP contribution in [0.4, 0.5) is 5.69 Å². The first kappa shape index (κ1) is 19.3. The van der Waals surface area contributed by atoms with Gasteiger partial charge in [-0.3, -0.25) is 9.59 Å². The van der Waals surface area contributed by atoms with Crippen LogP contribution in [-0.4, -0.2) is 28.5 Å². The largest absolute Gasteiger partial charge is 0.451 e. The predicted molar refractivity (Wildman–Crippen MR) is 105 cm³/mol. The molecule has 0 atom stereocenters. The summed E-state index contributed by atoms with van der Waals surface area (Å²) in [5.74, 6) is -0.829. The fourth-order valence-corrected chi connectivity index (χ4v) is 3.90. The van der Waals surface area contributed by atoms with Gasteiger partial charge in [-0.25, -0.2) is 9.78 Å². The minimum Gasteiger partial charge on any atom is -0.451 e. The van der Waals surface area contributed by atoms with Gasteiger partial charge in [0.15, 0.2) is 6.61 Å². The molecule has 0 radical (unpaired) electrons. The van der Waals surface area contributed by atoms with Crippen LogP contribution in [0, 0.1) is 13.8 Å². The standard InChI is InChI=1S/C17H13Cl2N3O4S/c1-7-12-15(24)20-8(2)21-16(12)27-14(7)17(25)26-6-11(23)22-10-5-3-4-9(18)13(10)19/h3-5H,6H2,1-2H3,(H,22,23)(H,20,21,24). The van der Waals surface area contributed by atoms with Gasteiger partial charge in [0, 0.05) is 0 Å². The number of benzene rings is 1. The van der Waals surface area contributed by atoms with Crippen LogP contribution in [0.1, 0.15) is 21.1 Å². The Labute approximate surface area is 167 Å². The molecule has 0 aliphatic heterocycles. The second kappa shape index (κ2) is 7.67. The third-order valence-electron chi connectivity index (χ3n) is 3.66. The molecule has 0 saturated heterocycles. The van der Waals surface area contributed by atoms with Crippen molar-refractivity contribution in [3.8, 4) is 0 Å². The number of carbonyl (C=O) groups is 2. The van der Waals surface area contributed by atoms with Gasteiger partial charge < -0.3 is 15.0 Å². The summed E-state index contributed by atoms with van der Waals surface area (Å²) in [5.41, 5.74) is 0.458. The topological polar surface area (TPSA) is 101 Å². The highest BCUT2D eigenvalue weighted by molar-refractivity contribution is 7.20. The monoisotopic (exact) mass is 425 g/mol. The second-order valence-corrected chi connectivity index (χ2v) is 7.40. The third-order valence-corrected chi connectivity index (χ3v) is 5.65. The van der Waals surface area contributed by atoms with E-state index >= 15 is 0 Å². The van der Waals surface area contributed by atoms with Crippen LogP contribution in [0.2, 0.25) is 10.0 Å². The number of rotatable bonds is 4. The van der Waals surface area contributed by atoms with Gasteiger partial charge in [-0.15, -0.1) is 11.3 Å². The average Bonchev–Trinajstić information content (AvgIpc) is 2.93. The van der Waals surface area contributed by atoms with Crippen molar-refractivity contribution in [1.82, 2.24) is 9.97 Å². The van der Waals surface area contributed by atoms with Crippen LogP contribution in [0.5, 0.6) is 0 Å². The number of ether oxygens (including phenoxy) is 1. The molecule has 1 aromatic carbocycles. The van der Waals surface area contributed by atoms with E-state index < -0.39 is 18.5 Å². The Morgan fingerprint density at radius 3 is 2.78 bits per heavy atom. The number of thiophene rings is 1. The van der Waals surface area contributed by atoms with Gasteiger partial charge in [-0.2, -0.15) is 0 Å². The van der Waals surface area contributed by atoms with Crippen molar-refractivity contribution in [2.24, 2.45) is 0 Å². The predicted octanol–water partition coefficient (Wildman–Crippen LogP) is 3.70. The molecule has 0 aliphatic carbocycles. The van der Waals surface area contributed by atoms with E-state index in [1.165, 1.54) is 0 Å². The Morgan fingerprint density at radius 2 is 2.04 bits per heavy atom. The number of esters is 1. The molecule has 3 aromatic rings. The van der Waals surface area contributed by atoms with Crippen molar-refractivity contribution in [3.63, 3.8) is 0 Å². The van der Waals surface area contributed by atoms with Crippen LogP contribution in [-0.2, 0) is 9.53 Å². The van der Waals surface area contributed by atoms with E-state index in [0.29, 0.717) is 32.3 Å². The number of nitrogens with one attached hydrogen (secondary N) is 2. The molecular weight excluding hydrogens is 413 g/mol. The number of aryl methyl sites for hydroxylation is 2. The van der Waals surface area contributed by atoms with Crippen molar-refractivity contribution < 1.29 is 14.3 Å². The van der Waals surface area contributed by atoms with Crippen molar-refractivity contribution in [2.75, 3.05) is 11.9 Å². The lowest BCUT2D eigenvalue weighted by Crippen LogP contribution is -2.21. The fourth-order valence-electron chi connectivity index (χ4n) is 2.43. The number of amides is 1. The molecule has 140 valence electrons. The number of H-pyrrole nitrogens is 1. The number of nitrogens with zero attached hydrogens (tertiary/aromatic N) is 1. The summed E-state index contributed by atoms with van der Waals surface area (Å²) in [5, 5.41) is 3.35. The van der Waals surface area contributed by atoms with Crippen molar-refractivity contribution in [2.45, 2.75) is 13.8 Å². The number of halogens is 2. The normalized spacial score (nSPS) is 10.8. The first-order valence-electron chi connectivity index (χ1n) is 7.69. The molecule has 2 heterocycles. The second-order valence-electron chi connectivity index (χ2n) is 5.61. The molecule has 0 saturated carbocycles. The molecule has 10 heteroatoms. The highest BCUT2D eigenvalue weighted by Gasteiger charge is 2.21. The lowest BCUT2D eigenvalue weighted by Gasteiger charge is -2.08. The Kier molecular flexibility index (Phi) is 5.50. The van der Waals surface area contributed by atoms with Crippen LogP contribution in [0.25, 0.3) is 10.2 Å². The molecule has 2 aromatic heterocycles. The van der Waals surface area contributed by atoms with Gasteiger partial charge in [0.1, 0.15) is 15.5 Å². The van der Waals surface area contributed by atoms with Crippen molar-refractivity contribution in [3.05, 3.63) is 54.9 Å². The summed E-state index contributed by atoms with van der Waals surface area (Å²) in [6, 6.07) is 4.79. The SMILES string of the molecule is Cc1nc2sc(C(=O)OCC(=O)Nc3cccc(Cl)c3Cl)c(C)c2c(=O)[nH]1. The summed E-state index contributed by atoms with van der Waals surface area (Å²) in [6.07, 6.45) is 0. The summed E-state index contributed by atoms with van der Waals surface area (Å²) in [4.78, 5) is 43.9. The molecule has 27 heavy (non-hydrogen) atoms. The van der Waals surface area contributed by atoms with Crippen LogP contribution in [0.3, 0.4) is 0 Å². The quantitative estimate of drug-likeness (QED) is 0.620. The Morgan fingerprint density at radius 1 is 1.30 bits per heavy atom. The van der Waals surface area contributed by atoms with E-state index in [2.05, 4.69) is 15.3 Å². The molecule has 1 amide bonds. The Bertz CT molecular complexity index is 1120. The molecule has 7 nitrogen and oxygen atoms in total. The number of carbonyl (C=O) groups excluding carboxylic acids is 2. The number of aromatic nitrogens is 2. The van der Waals surface area contributed by atoms with Crippen molar-refractivity contribution in [1.29, 1.82) is 0 Å². The number of hydrogen-bond donors (Lipinski definition) is 2. The van der Waals surface area contributed by atoms with Crippen LogP contribution < -0.4 is 10.9 Å². The molecule has 0 aliphatic rings. The average molecular weight is 426 g/mol. The Balaban J connectivity index is 1.72. The van der Waals surface area contributed by atoms with E-state index in [1.54, 1.807) is 32.0 Å². The minimum atomic E-state index is -0.708. The molecule has 3 rings (SSSR count). The maximum Gasteiger partial charge on any atom is 0.349 e. The summed E-state index contributed by atoms with van der Waals surface area (Å²) < 4.78 is 5.06. The lowest BCUT2D eigenvalue weighted by molar-refractivity contribution is -0.119. The molecular formula is C17H13Cl2N3O4S. The lowest BCUT2D eigenvalue weighted by atomic mass is 10.2. The molecule has 0 fully saturated rings. The Hall–Kier alpha value is -2.42. The number of fused-ring (bicyclic) bond motifs is 1.